The number of hydrogen-bond acceptors (Lipinski definition) is 3. The molecule has 1 aliphatic rings. The van der Waals surface area contributed by atoms with E-state index in [0.29, 0.717) is 16.7 Å². The van der Waals surface area contributed by atoms with Crippen molar-refractivity contribution >= 4 is 17.3 Å². The number of nitrogens with one attached hydrogen (secondary N) is 1. The highest BCUT2D eigenvalue weighted by atomic mass is 35.5. The first-order chi connectivity index (χ1) is 10.2. The molecule has 1 aliphatic carbocycles. The van der Waals surface area contributed by atoms with E-state index in [9.17, 15) is 0 Å². The number of rotatable bonds is 5. The van der Waals surface area contributed by atoms with E-state index >= 15 is 0 Å². The van der Waals surface area contributed by atoms with Crippen LogP contribution in [0.15, 0.2) is 36.4 Å². The molecule has 0 saturated heterocycles. The van der Waals surface area contributed by atoms with Crippen LogP contribution >= 0.6 is 11.6 Å². The number of ether oxygens (including phenoxy) is 2. The largest absolute Gasteiger partial charge is 0.495 e. The van der Waals surface area contributed by atoms with Crippen molar-refractivity contribution in [1.82, 2.24) is 0 Å². The van der Waals surface area contributed by atoms with Crippen molar-refractivity contribution in [3.05, 3.63) is 52.5 Å². The van der Waals surface area contributed by atoms with Gasteiger partial charge in [-0.2, -0.15) is 0 Å². The van der Waals surface area contributed by atoms with Crippen LogP contribution in [-0.2, 0) is 6.42 Å². The monoisotopic (exact) mass is 303 g/mol. The van der Waals surface area contributed by atoms with E-state index in [1.54, 1.807) is 20.3 Å². The van der Waals surface area contributed by atoms with Gasteiger partial charge in [0.05, 0.1) is 24.9 Å². The average molecular weight is 304 g/mol. The van der Waals surface area contributed by atoms with Crippen molar-refractivity contribution in [2.75, 3.05) is 26.1 Å². The lowest BCUT2D eigenvalue weighted by atomic mass is 9.77. The van der Waals surface area contributed by atoms with Gasteiger partial charge in [-0.15, -0.1) is 0 Å². The van der Waals surface area contributed by atoms with Crippen molar-refractivity contribution in [2.24, 2.45) is 0 Å². The predicted molar refractivity (Wildman–Crippen MR) is 85.9 cm³/mol. The number of hydrogen-bond donors (Lipinski definition) is 1. The summed E-state index contributed by atoms with van der Waals surface area (Å²) in [5.41, 5.74) is 3.78. The molecule has 0 bridgehead atoms. The summed E-state index contributed by atoms with van der Waals surface area (Å²) < 4.78 is 10.6. The molecule has 3 rings (SSSR count). The highest BCUT2D eigenvalue weighted by molar-refractivity contribution is 6.32. The number of halogens is 1. The fourth-order valence-electron chi connectivity index (χ4n) is 2.78. The predicted octanol–water partition coefficient (Wildman–Crippen LogP) is 4.11. The van der Waals surface area contributed by atoms with E-state index in [-0.39, 0.29) is 0 Å². The Morgan fingerprint density at radius 2 is 1.90 bits per heavy atom. The first kappa shape index (κ1) is 14.1. The third-order valence-electron chi connectivity index (χ3n) is 3.97. The van der Waals surface area contributed by atoms with Crippen molar-refractivity contribution in [3.8, 4) is 11.5 Å². The molecule has 2 aromatic carbocycles. The van der Waals surface area contributed by atoms with Crippen LogP contribution in [0, 0.1) is 0 Å². The first-order valence-electron chi connectivity index (χ1n) is 6.96. The Kier molecular flexibility index (Phi) is 3.93. The Labute approximate surface area is 129 Å². The van der Waals surface area contributed by atoms with Gasteiger partial charge in [0.15, 0.2) is 0 Å². The second-order valence-electron chi connectivity index (χ2n) is 5.17. The molecule has 1 atom stereocenters. The third kappa shape index (κ3) is 2.66. The number of benzene rings is 2. The molecule has 110 valence electrons. The van der Waals surface area contributed by atoms with Crippen molar-refractivity contribution in [2.45, 2.75) is 12.3 Å². The smallest absolute Gasteiger partial charge is 0.145 e. The quantitative estimate of drug-likeness (QED) is 0.901. The highest BCUT2D eigenvalue weighted by Gasteiger charge is 2.25. The van der Waals surface area contributed by atoms with Gasteiger partial charge in [-0.3, -0.25) is 0 Å². The molecular weight excluding hydrogens is 286 g/mol. The number of anilines is 1. The van der Waals surface area contributed by atoms with Crippen LogP contribution in [0.3, 0.4) is 0 Å². The zero-order valence-electron chi connectivity index (χ0n) is 12.2. The topological polar surface area (TPSA) is 30.5 Å². The summed E-state index contributed by atoms with van der Waals surface area (Å²) in [5.74, 6) is 1.91. The maximum atomic E-state index is 6.18. The van der Waals surface area contributed by atoms with Gasteiger partial charge in [-0.05, 0) is 23.6 Å². The Bertz CT molecular complexity index is 657. The van der Waals surface area contributed by atoms with Crippen LogP contribution in [0.4, 0.5) is 5.69 Å². The molecule has 3 nitrogen and oxygen atoms in total. The van der Waals surface area contributed by atoms with Gasteiger partial charge in [-0.25, -0.2) is 0 Å². The average Bonchev–Trinajstić information content (AvgIpc) is 2.48. The molecule has 0 spiro atoms. The zero-order valence-corrected chi connectivity index (χ0v) is 12.9. The van der Waals surface area contributed by atoms with E-state index < -0.39 is 0 Å². The van der Waals surface area contributed by atoms with E-state index in [1.807, 2.05) is 6.07 Å². The molecule has 0 aromatic heterocycles. The molecule has 21 heavy (non-hydrogen) atoms. The summed E-state index contributed by atoms with van der Waals surface area (Å²) in [6, 6.07) is 12.2. The van der Waals surface area contributed by atoms with Gasteiger partial charge in [0.1, 0.15) is 11.5 Å². The van der Waals surface area contributed by atoms with Gasteiger partial charge in [0.25, 0.3) is 0 Å². The van der Waals surface area contributed by atoms with Crippen LogP contribution in [0.2, 0.25) is 5.02 Å². The summed E-state index contributed by atoms with van der Waals surface area (Å²) in [6.07, 6.45) is 1.12. The first-order valence-corrected chi connectivity index (χ1v) is 7.34. The normalized spacial score (nSPS) is 15.9. The Morgan fingerprint density at radius 1 is 1.14 bits per heavy atom. The molecule has 0 saturated carbocycles. The molecule has 0 radical (unpaired) electrons. The van der Waals surface area contributed by atoms with Gasteiger partial charge in [-0.1, -0.05) is 35.9 Å². The summed E-state index contributed by atoms with van der Waals surface area (Å²) in [7, 11) is 3.24. The summed E-state index contributed by atoms with van der Waals surface area (Å²) in [5, 5.41) is 4.01. The zero-order chi connectivity index (χ0) is 14.8. The minimum absolute atomic E-state index is 0.548. The number of fused-ring (bicyclic) bond motifs is 1. The molecular formula is C17H18ClNO2. The lowest BCUT2D eigenvalue weighted by Crippen LogP contribution is -2.24. The fraction of sp³-hybridized carbons (Fsp3) is 0.294. The van der Waals surface area contributed by atoms with Crippen molar-refractivity contribution in [1.29, 1.82) is 0 Å². The Morgan fingerprint density at radius 3 is 2.62 bits per heavy atom. The van der Waals surface area contributed by atoms with Gasteiger partial charge in [0.2, 0.25) is 0 Å². The van der Waals surface area contributed by atoms with Gasteiger partial charge >= 0.3 is 0 Å². The van der Waals surface area contributed by atoms with E-state index in [2.05, 4.69) is 29.6 Å². The van der Waals surface area contributed by atoms with Crippen LogP contribution in [0.5, 0.6) is 11.5 Å². The molecule has 0 heterocycles. The molecule has 4 heteroatoms. The summed E-state index contributed by atoms with van der Waals surface area (Å²) in [4.78, 5) is 0. The molecule has 2 aromatic rings. The van der Waals surface area contributed by atoms with E-state index in [0.717, 1.165) is 24.4 Å². The lowest BCUT2D eigenvalue weighted by Gasteiger charge is -2.30. The molecule has 0 fully saturated rings. The summed E-state index contributed by atoms with van der Waals surface area (Å²) in [6.45, 7) is 0.871. The minimum atomic E-state index is 0.548. The van der Waals surface area contributed by atoms with Crippen molar-refractivity contribution in [3.63, 3.8) is 0 Å². The van der Waals surface area contributed by atoms with Crippen LogP contribution in [0.1, 0.15) is 17.0 Å². The van der Waals surface area contributed by atoms with Crippen molar-refractivity contribution < 1.29 is 9.47 Å². The molecule has 1 N–H and O–H groups in total. The third-order valence-corrected chi connectivity index (χ3v) is 4.27. The molecule has 1 unspecified atom stereocenters. The van der Waals surface area contributed by atoms with Crippen LogP contribution < -0.4 is 14.8 Å². The second kappa shape index (κ2) is 5.86. The van der Waals surface area contributed by atoms with E-state index in [1.165, 1.54) is 11.1 Å². The molecule has 0 amide bonds. The number of methoxy groups -OCH3 is 2. The highest BCUT2D eigenvalue weighted by Crippen LogP contribution is 2.38. The molecule has 0 aliphatic heterocycles. The fourth-order valence-corrected chi connectivity index (χ4v) is 3.02. The minimum Gasteiger partial charge on any atom is -0.495 e. The van der Waals surface area contributed by atoms with Gasteiger partial charge in [0, 0.05) is 18.5 Å². The van der Waals surface area contributed by atoms with Crippen LogP contribution in [-0.4, -0.2) is 20.8 Å². The van der Waals surface area contributed by atoms with E-state index in [4.69, 9.17) is 21.1 Å². The second-order valence-corrected chi connectivity index (χ2v) is 5.57. The SMILES string of the molecule is COc1cc(OC)c(NCC2Cc3ccccc32)cc1Cl. The maximum absolute atomic E-state index is 6.18. The summed E-state index contributed by atoms with van der Waals surface area (Å²) >= 11 is 6.18. The lowest BCUT2D eigenvalue weighted by molar-refractivity contribution is 0.395. The maximum Gasteiger partial charge on any atom is 0.145 e. The Balaban J connectivity index is 1.73. The standard InChI is InChI=1S/C17H18ClNO2/c1-20-16-9-17(21-2)15(8-14(16)18)19-10-12-7-11-5-3-4-6-13(11)12/h3-6,8-9,12,19H,7,10H2,1-2H3. The van der Waals surface area contributed by atoms with Crippen LogP contribution in [0.25, 0.3) is 0 Å². The van der Waals surface area contributed by atoms with Gasteiger partial charge < -0.3 is 14.8 Å². The Hall–Kier alpha value is -1.87.